The van der Waals surface area contributed by atoms with Gasteiger partial charge in [-0.1, -0.05) is 44.0 Å². The summed E-state index contributed by atoms with van der Waals surface area (Å²) in [6, 6.07) is 9.98. The zero-order valence-electron chi connectivity index (χ0n) is 11.5. The zero-order chi connectivity index (χ0) is 12.8. The molecule has 3 N–H and O–H groups in total. The molecule has 100 valence electrons. The van der Waals surface area contributed by atoms with Gasteiger partial charge in [-0.2, -0.15) is 0 Å². The maximum atomic E-state index is 6.05. The summed E-state index contributed by atoms with van der Waals surface area (Å²) in [6.07, 6.45) is 7.23. The molecule has 1 aliphatic rings. The minimum Gasteiger partial charge on any atom is -0.326 e. The van der Waals surface area contributed by atoms with Gasteiger partial charge in [-0.25, -0.2) is 0 Å². The van der Waals surface area contributed by atoms with Crippen molar-refractivity contribution in [3.8, 4) is 0 Å². The highest BCUT2D eigenvalue weighted by atomic mass is 15.0. The molecule has 0 heterocycles. The van der Waals surface area contributed by atoms with E-state index in [1.165, 1.54) is 43.2 Å². The monoisotopic (exact) mass is 246 g/mol. The minimum atomic E-state index is 0.372. The summed E-state index contributed by atoms with van der Waals surface area (Å²) in [5.74, 6) is 0. The van der Waals surface area contributed by atoms with Gasteiger partial charge in [-0.05, 0) is 43.4 Å². The van der Waals surface area contributed by atoms with Crippen molar-refractivity contribution in [2.45, 2.75) is 57.5 Å². The van der Waals surface area contributed by atoms with E-state index in [9.17, 15) is 0 Å². The normalized spacial score (nSPS) is 23.4. The summed E-state index contributed by atoms with van der Waals surface area (Å²) in [5, 5.41) is 3.59. The van der Waals surface area contributed by atoms with E-state index >= 15 is 0 Å². The maximum absolute atomic E-state index is 6.05. The van der Waals surface area contributed by atoms with E-state index in [2.05, 4.69) is 36.5 Å². The van der Waals surface area contributed by atoms with Crippen LogP contribution < -0.4 is 11.1 Å². The molecule has 0 amide bonds. The third-order valence-corrected chi connectivity index (χ3v) is 3.95. The van der Waals surface area contributed by atoms with E-state index in [-0.39, 0.29) is 0 Å². The average Bonchev–Trinajstić information content (AvgIpc) is 2.78. The van der Waals surface area contributed by atoms with Gasteiger partial charge in [-0.15, -0.1) is 0 Å². The van der Waals surface area contributed by atoms with Crippen molar-refractivity contribution in [2.24, 2.45) is 5.73 Å². The smallest absolute Gasteiger partial charge is 0.0219 e. The molecule has 0 bridgehead atoms. The van der Waals surface area contributed by atoms with E-state index in [0.29, 0.717) is 12.1 Å². The maximum Gasteiger partial charge on any atom is 0.0219 e. The van der Waals surface area contributed by atoms with Gasteiger partial charge in [0, 0.05) is 12.1 Å². The highest BCUT2D eigenvalue weighted by molar-refractivity contribution is 5.22. The summed E-state index contributed by atoms with van der Waals surface area (Å²) in [4.78, 5) is 0. The Morgan fingerprint density at radius 1 is 1.11 bits per heavy atom. The lowest BCUT2D eigenvalue weighted by Gasteiger charge is -2.17. The summed E-state index contributed by atoms with van der Waals surface area (Å²) in [5.41, 5.74) is 8.93. The Bertz CT molecular complexity index is 345. The number of nitrogens with two attached hydrogens (primary N) is 1. The van der Waals surface area contributed by atoms with Crippen LogP contribution in [0.5, 0.6) is 0 Å². The van der Waals surface area contributed by atoms with Crippen LogP contribution in [-0.4, -0.2) is 18.6 Å². The Kier molecular flexibility index (Phi) is 5.21. The second-order valence-electron chi connectivity index (χ2n) is 5.47. The summed E-state index contributed by atoms with van der Waals surface area (Å²) >= 11 is 0. The van der Waals surface area contributed by atoms with Crippen molar-refractivity contribution in [3.05, 3.63) is 35.4 Å². The van der Waals surface area contributed by atoms with Crippen LogP contribution in [-0.2, 0) is 12.8 Å². The highest BCUT2D eigenvalue weighted by Crippen LogP contribution is 2.17. The van der Waals surface area contributed by atoms with Crippen LogP contribution in [0.15, 0.2) is 24.3 Å². The van der Waals surface area contributed by atoms with Gasteiger partial charge in [-0.3, -0.25) is 0 Å². The number of hydrogen-bond donors (Lipinski definition) is 2. The molecule has 0 spiro atoms. The van der Waals surface area contributed by atoms with Gasteiger partial charge in [0.2, 0.25) is 0 Å². The summed E-state index contributed by atoms with van der Waals surface area (Å²) < 4.78 is 0. The Morgan fingerprint density at radius 2 is 1.78 bits per heavy atom. The number of benzene rings is 1. The Morgan fingerprint density at radius 3 is 2.33 bits per heavy atom. The Labute approximate surface area is 111 Å². The van der Waals surface area contributed by atoms with E-state index in [4.69, 9.17) is 5.73 Å². The summed E-state index contributed by atoms with van der Waals surface area (Å²) in [7, 11) is 0. The first-order chi connectivity index (χ1) is 8.79. The predicted molar refractivity (Wildman–Crippen MR) is 77.8 cm³/mol. The largest absolute Gasteiger partial charge is 0.326 e. The molecule has 18 heavy (non-hydrogen) atoms. The quantitative estimate of drug-likeness (QED) is 0.810. The molecule has 2 unspecified atom stereocenters. The highest BCUT2D eigenvalue weighted by Gasteiger charge is 2.22. The van der Waals surface area contributed by atoms with Crippen LogP contribution in [0, 0.1) is 0 Å². The second-order valence-corrected chi connectivity index (χ2v) is 5.47. The molecule has 2 rings (SSSR count). The zero-order valence-corrected chi connectivity index (χ0v) is 11.5. The van der Waals surface area contributed by atoms with Gasteiger partial charge in [0.15, 0.2) is 0 Å². The SMILES string of the molecule is CCCc1ccc(CCNC2CCCC2N)cc1. The molecule has 0 radical (unpaired) electrons. The molecule has 2 atom stereocenters. The van der Waals surface area contributed by atoms with E-state index in [1.54, 1.807) is 0 Å². The standard InChI is InChI=1S/C16H26N2/c1-2-4-13-7-9-14(10-8-13)11-12-18-16-6-3-5-15(16)17/h7-10,15-16,18H,2-6,11-12,17H2,1H3. The predicted octanol–water partition coefficient (Wildman–Crippen LogP) is 2.65. The Balaban J connectivity index is 1.72. The van der Waals surface area contributed by atoms with Crippen molar-refractivity contribution >= 4 is 0 Å². The van der Waals surface area contributed by atoms with Crippen LogP contribution in [0.2, 0.25) is 0 Å². The van der Waals surface area contributed by atoms with Gasteiger partial charge in [0.25, 0.3) is 0 Å². The van der Waals surface area contributed by atoms with E-state index in [0.717, 1.165) is 13.0 Å². The van der Waals surface area contributed by atoms with Crippen LogP contribution >= 0.6 is 0 Å². The van der Waals surface area contributed by atoms with Crippen LogP contribution in [0.1, 0.15) is 43.7 Å². The first-order valence-corrected chi connectivity index (χ1v) is 7.36. The van der Waals surface area contributed by atoms with Crippen LogP contribution in [0.3, 0.4) is 0 Å². The lowest BCUT2D eigenvalue weighted by molar-refractivity contribution is 0.479. The van der Waals surface area contributed by atoms with Crippen LogP contribution in [0.25, 0.3) is 0 Å². The molecular formula is C16H26N2. The van der Waals surface area contributed by atoms with E-state index in [1.807, 2.05) is 0 Å². The molecule has 0 saturated heterocycles. The van der Waals surface area contributed by atoms with Gasteiger partial charge >= 0.3 is 0 Å². The third kappa shape index (κ3) is 3.82. The Hall–Kier alpha value is -0.860. The lowest BCUT2D eigenvalue weighted by Crippen LogP contribution is -2.41. The third-order valence-electron chi connectivity index (χ3n) is 3.95. The molecule has 1 fully saturated rings. The van der Waals surface area contributed by atoms with Crippen molar-refractivity contribution in [1.29, 1.82) is 0 Å². The van der Waals surface area contributed by atoms with Crippen molar-refractivity contribution in [3.63, 3.8) is 0 Å². The number of rotatable bonds is 6. The fourth-order valence-electron chi connectivity index (χ4n) is 2.81. The van der Waals surface area contributed by atoms with Crippen LogP contribution in [0.4, 0.5) is 0 Å². The molecule has 2 nitrogen and oxygen atoms in total. The number of aryl methyl sites for hydroxylation is 1. The molecule has 1 aromatic rings. The molecular weight excluding hydrogens is 220 g/mol. The molecule has 1 aromatic carbocycles. The fourth-order valence-corrected chi connectivity index (χ4v) is 2.81. The minimum absolute atomic E-state index is 0.372. The topological polar surface area (TPSA) is 38.0 Å². The first-order valence-electron chi connectivity index (χ1n) is 7.36. The molecule has 0 aromatic heterocycles. The second kappa shape index (κ2) is 6.91. The fraction of sp³-hybridized carbons (Fsp3) is 0.625. The molecule has 2 heteroatoms. The molecule has 1 saturated carbocycles. The average molecular weight is 246 g/mol. The molecule has 0 aliphatic heterocycles. The number of nitrogens with one attached hydrogen (secondary N) is 1. The summed E-state index contributed by atoms with van der Waals surface area (Å²) in [6.45, 7) is 3.27. The van der Waals surface area contributed by atoms with Gasteiger partial charge in [0.05, 0.1) is 0 Å². The number of hydrogen-bond acceptors (Lipinski definition) is 2. The van der Waals surface area contributed by atoms with Crippen molar-refractivity contribution in [1.82, 2.24) is 5.32 Å². The van der Waals surface area contributed by atoms with Crippen molar-refractivity contribution in [2.75, 3.05) is 6.54 Å². The first kappa shape index (κ1) is 13.6. The molecule has 1 aliphatic carbocycles. The van der Waals surface area contributed by atoms with Gasteiger partial charge < -0.3 is 11.1 Å². The lowest BCUT2D eigenvalue weighted by atomic mass is 10.1. The van der Waals surface area contributed by atoms with E-state index < -0.39 is 0 Å². The van der Waals surface area contributed by atoms with Crippen molar-refractivity contribution < 1.29 is 0 Å². The van der Waals surface area contributed by atoms with Gasteiger partial charge in [0.1, 0.15) is 0 Å².